The molecular formula is C13H19N3O2. The summed E-state index contributed by atoms with van der Waals surface area (Å²) < 4.78 is 5.28. The average Bonchev–Trinajstić information content (AvgIpc) is 2.40. The Morgan fingerprint density at radius 1 is 1.44 bits per heavy atom. The van der Waals surface area contributed by atoms with Crippen LogP contribution < -0.4 is 10.6 Å². The molecule has 2 heterocycles. The number of anilines is 2. The Hall–Kier alpha value is -1.62. The summed E-state index contributed by atoms with van der Waals surface area (Å²) >= 11 is 0. The van der Waals surface area contributed by atoms with E-state index in [1.807, 2.05) is 19.2 Å². The number of amides is 1. The number of carbonyl (C=O) groups excluding carboxylic acids is 1. The maximum atomic E-state index is 11.8. The van der Waals surface area contributed by atoms with Gasteiger partial charge in [-0.2, -0.15) is 0 Å². The number of hydrogen-bond donors (Lipinski definition) is 2. The van der Waals surface area contributed by atoms with Crippen molar-refractivity contribution < 1.29 is 9.53 Å². The van der Waals surface area contributed by atoms with E-state index in [9.17, 15) is 4.79 Å². The van der Waals surface area contributed by atoms with E-state index in [0.717, 1.165) is 37.6 Å². The highest BCUT2D eigenvalue weighted by atomic mass is 16.5. The number of pyridine rings is 1. The molecule has 5 heteroatoms. The van der Waals surface area contributed by atoms with E-state index >= 15 is 0 Å². The molecule has 1 saturated heterocycles. The summed E-state index contributed by atoms with van der Waals surface area (Å²) in [4.78, 5) is 16.0. The molecule has 1 amide bonds. The minimum absolute atomic E-state index is 0.0564. The van der Waals surface area contributed by atoms with Gasteiger partial charge in [-0.3, -0.25) is 4.79 Å². The van der Waals surface area contributed by atoms with Gasteiger partial charge in [0.05, 0.1) is 11.9 Å². The fourth-order valence-electron chi connectivity index (χ4n) is 2.04. The molecule has 0 aromatic carbocycles. The van der Waals surface area contributed by atoms with E-state index in [4.69, 9.17) is 4.74 Å². The number of carbonyl (C=O) groups is 1. The van der Waals surface area contributed by atoms with E-state index in [-0.39, 0.29) is 5.91 Å². The van der Waals surface area contributed by atoms with Gasteiger partial charge in [0.1, 0.15) is 5.82 Å². The standard InChI is InChI=1S/C13H19N3O2/c1-14-12-3-2-11(9-15-12)16-13(17)8-10-4-6-18-7-5-10/h2-3,9-10H,4-8H2,1H3,(H,14,15)(H,16,17). The van der Waals surface area contributed by atoms with Crippen LogP contribution in [0.2, 0.25) is 0 Å². The highest BCUT2D eigenvalue weighted by Gasteiger charge is 2.17. The van der Waals surface area contributed by atoms with Crippen LogP contribution in [0.3, 0.4) is 0 Å². The van der Waals surface area contributed by atoms with Gasteiger partial charge in [0, 0.05) is 26.7 Å². The topological polar surface area (TPSA) is 63.2 Å². The lowest BCUT2D eigenvalue weighted by molar-refractivity contribution is -0.117. The van der Waals surface area contributed by atoms with Crippen molar-refractivity contribution in [1.82, 2.24) is 4.98 Å². The van der Waals surface area contributed by atoms with Gasteiger partial charge in [0.2, 0.25) is 5.91 Å². The van der Waals surface area contributed by atoms with Crippen molar-refractivity contribution in [3.05, 3.63) is 18.3 Å². The molecule has 0 saturated carbocycles. The Morgan fingerprint density at radius 2 is 2.22 bits per heavy atom. The largest absolute Gasteiger partial charge is 0.381 e. The molecule has 0 aliphatic carbocycles. The summed E-state index contributed by atoms with van der Waals surface area (Å²) in [5.41, 5.74) is 0.742. The molecule has 5 nitrogen and oxygen atoms in total. The van der Waals surface area contributed by atoms with Crippen LogP contribution in [-0.4, -0.2) is 31.2 Å². The van der Waals surface area contributed by atoms with Gasteiger partial charge in [0.25, 0.3) is 0 Å². The van der Waals surface area contributed by atoms with Crippen molar-refractivity contribution in [2.75, 3.05) is 30.9 Å². The first-order valence-corrected chi connectivity index (χ1v) is 6.29. The number of nitrogens with one attached hydrogen (secondary N) is 2. The summed E-state index contributed by atoms with van der Waals surface area (Å²) in [6.07, 6.45) is 4.18. The van der Waals surface area contributed by atoms with Crippen LogP contribution in [0.4, 0.5) is 11.5 Å². The molecule has 98 valence electrons. The SMILES string of the molecule is CNc1ccc(NC(=O)CC2CCOCC2)cn1. The second-order valence-electron chi connectivity index (χ2n) is 4.49. The summed E-state index contributed by atoms with van der Waals surface area (Å²) in [7, 11) is 1.81. The molecule has 1 fully saturated rings. The predicted octanol–water partition coefficient (Wildman–Crippen LogP) is 1.88. The van der Waals surface area contributed by atoms with E-state index in [0.29, 0.717) is 12.3 Å². The second kappa shape index (κ2) is 6.35. The number of nitrogens with zero attached hydrogens (tertiary/aromatic N) is 1. The Morgan fingerprint density at radius 3 is 2.83 bits per heavy atom. The first-order chi connectivity index (χ1) is 8.78. The molecule has 1 aromatic rings. The fourth-order valence-corrected chi connectivity index (χ4v) is 2.04. The van der Waals surface area contributed by atoms with Gasteiger partial charge in [-0.15, -0.1) is 0 Å². The number of rotatable bonds is 4. The molecule has 0 unspecified atom stereocenters. The molecule has 2 N–H and O–H groups in total. The maximum absolute atomic E-state index is 11.8. The quantitative estimate of drug-likeness (QED) is 0.855. The number of ether oxygens (including phenoxy) is 1. The Balaban J connectivity index is 1.82. The van der Waals surface area contributed by atoms with E-state index in [1.165, 1.54) is 0 Å². The van der Waals surface area contributed by atoms with Crippen LogP contribution in [0.5, 0.6) is 0 Å². The van der Waals surface area contributed by atoms with Crippen molar-refractivity contribution >= 4 is 17.4 Å². The molecule has 18 heavy (non-hydrogen) atoms. The maximum Gasteiger partial charge on any atom is 0.224 e. The van der Waals surface area contributed by atoms with Gasteiger partial charge < -0.3 is 15.4 Å². The minimum Gasteiger partial charge on any atom is -0.381 e. The first-order valence-electron chi connectivity index (χ1n) is 6.29. The fraction of sp³-hybridized carbons (Fsp3) is 0.538. The van der Waals surface area contributed by atoms with Crippen LogP contribution in [0, 0.1) is 5.92 Å². The van der Waals surface area contributed by atoms with Gasteiger partial charge in [-0.05, 0) is 30.9 Å². The molecule has 0 radical (unpaired) electrons. The third kappa shape index (κ3) is 3.70. The van der Waals surface area contributed by atoms with Crippen LogP contribution in [-0.2, 0) is 9.53 Å². The Labute approximate surface area is 107 Å². The van der Waals surface area contributed by atoms with Gasteiger partial charge >= 0.3 is 0 Å². The summed E-state index contributed by atoms with van der Waals surface area (Å²) in [6.45, 7) is 1.55. The summed E-state index contributed by atoms with van der Waals surface area (Å²) in [5.74, 6) is 1.29. The van der Waals surface area contributed by atoms with Crippen molar-refractivity contribution in [2.24, 2.45) is 5.92 Å². The van der Waals surface area contributed by atoms with E-state index in [1.54, 1.807) is 6.20 Å². The van der Waals surface area contributed by atoms with E-state index in [2.05, 4.69) is 15.6 Å². The molecule has 1 aliphatic rings. The smallest absolute Gasteiger partial charge is 0.224 e. The van der Waals surface area contributed by atoms with Crippen molar-refractivity contribution in [3.63, 3.8) is 0 Å². The molecule has 1 aliphatic heterocycles. The summed E-state index contributed by atoms with van der Waals surface area (Å²) in [6, 6.07) is 3.69. The lowest BCUT2D eigenvalue weighted by atomic mass is 9.96. The molecule has 0 atom stereocenters. The molecule has 0 spiro atoms. The average molecular weight is 249 g/mol. The second-order valence-corrected chi connectivity index (χ2v) is 4.49. The molecule has 0 bridgehead atoms. The predicted molar refractivity (Wildman–Crippen MR) is 70.6 cm³/mol. The normalized spacial score (nSPS) is 16.3. The van der Waals surface area contributed by atoms with Gasteiger partial charge in [-0.25, -0.2) is 4.98 Å². The third-order valence-corrected chi connectivity index (χ3v) is 3.12. The monoisotopic (exact) mass is 249 g/mol. The third-order valence-electron chi connectivity index (χ3n) is 3.12. The van der Waals surface area contributed by atoms with Crippen molar-refractivity contribution in [2.45, 2.75) is 19.3 Å². The molecule has 1 aromatic heterocycles. The van der Waals surface area contributed by atoms with Crippen molar-refractivity contribution in [1.29, 1.82) is 0 Å². The van der Waals surface area contributed by atoms with Crippen molar-refractivity contribution in [3.8, 4) is 0 Å². The van der Waals surface area contributed by atoms with Gasteiger partial charge in [-0.1, -0.05) is 0 Å². The Kier molecular flexibility index (Phi) is 4.52. The highest BCUT2D eigenvalue weighted by molar-refractivity contribution is 5.90. The molecule has 2 rings (SSSR count). The zero-order valence-corrected chi connectivity index (χ0v) is 10.6. The highest BCUT2D eigenvalue weighted by Crippen LogP contribution is 2.19. The zero-order chi connectivity index (χ0) is 12.8. The van der Waals surface area contributed by atoms with Crippen LogP contribution in [0.25, 0.3) is 0 Å². The zero-order valence-electron chi connectivity index (χ0n) is 10.6. The lowest BCUT2D eigenvalue weighted by Crippen LogP contribution is -2.22. The van der Waals surface area contributed by atoms with Crippen LogP contribution in [0.1, 0.15) is 19.3 Å². The van der Waals surface area contributed by atoms with Crippen LogP contribution in [0.15, 0.2) is 18.3 Å². The molecular weight excluding hydrogens is 230 g/mol. The number of aromatic nitrogens is 1. The number of hydrogen-bond acceptors (Lipinski definition) is 4. The van der Waals surface area contributed by atoms with Crippen LogP contribution >= 0.6 is 0 Å². The van der Waals surface area contributed by atoms with Gasteiger partial charge in [0.15, 0.2) is 0 Å². The Bertz CT molecular complexity index is 386. The first kappa shape index (κ1) is 12.8. The summed E-state index contributed by atoms with van der Waals surface area (Å²) in [5, 5.41) is 5.81. The van der Waals surface area contributed by atoms with E-state index < -0.39 is 0 Å². The minimum atomic E-state index is 0.0564. The lowest BCUT2D eigenvalue weighted by Gasteiger charge is -2.21.